The van der Waals surface area contributed by atoms with Crippen LogP contribution in [0.15, 0.2) is 91.0 Å². The van der Waals surface area contributed by atoms with Gasteiger partial charge in [0.1, 0.15) is 5.54 Å². The summed E-state index contributed by atoms with van der Waals surface area (Å²) in [5, 5.41) is 14.7. The lowest BCUT2D eigenvalue weighted by Gasteiger charge is -2.37. The zero-order chi connectivity index (χ0) is 25.3. The van der Waals surface area contributed by atoms with Crippen LogP contribution in [-0.4, -0.2) is 54.1 Å². The van der Waals surface area contributed by atoms with Crippen molar-refractivity contribution in [1.29, 1.82) is 0 Å². The molecule has 0 saturated carbocycles. The summed E-state index contributed by atoms with van der Waals surface area (Å²) in [5.74, 6) is -0.921. The molecule has 0 heterocycles. The average Bonchev–Trinajstić information content (AvgIpc) is 2.88. The van der Waals surface area contributed by atoms with Crippen molar-refractivity contribution in [3.05, 3.63) is 108 Å². The number of benzene rings is 3. The summed E-state index contributed by atoms with van der Waals surface area (Å²) < 4.78 is 0. The standard InChI is InChI=1S/C27H30N4O4/c1-31(26(34)35)18-17-29-25(33)23(28)19-24(32)30-27(20-11-5-2-6-12-20,21-13-7-3-8-14-21)22-15-9-4-10-16-22/h2-16,23H,17-19,28H2,1H3,(H,29,33)(H,30,32)(H,34,35). The number of amides is 3. The van der Waals surface area contributed by atoms with Gasteiger partial charge in [-0.25, -0.2) is 4.79 Å². The summed E-state index contributed by atoms with van der Waals surface area (Å²) in [7, 11) is 1.40. The minimum absolute atomic E-state index is 0.0962. The van der Waals surface area contributed by atoms with Crippen molar-refractivity contribution in [3.63, 3.8) is 0 Å². The van der Waals surface area contributed by atoms with E-state index in [2.05, 4.69) is 10.6 Å². The second kappa shape index (κ2) is 11.8. The summed E-state index contributed by atoms with van der Waals surface area (Å²) in [6, 6.07) is 27.8. The number of carbonyl (C=O) groups is 3. The Bertz CT molecular complexity index is 1030. The Kier molecular flexibility index (Phi) is 8.58. The molecule has 0 aliphatic rings. The van der Waals surface area contributed by atoms with Crippen molar-refractivity contribution in [1.82, 2.24) is 15.5 Å². The third-order valence-corrected chi connectivity index (χ3v) is 5.76. The van der Waals surface area contributed by atoms with Gasteiger partial charge in [-0.1, -0.05) is 91.0 Å². The lowest BCUT2D eigenvalue weighted by molar-refractivity contribution is -0.128. The van der Waals surface area contributed by atoms with E-state index in [1.54, 1.807) is 0 Å². The normalized spacial score (nSPS) is 11.8. The predicted molar refractivity (Wildman–Crippen MR) is 134 cm³/mol. The van der Waals surface area contributed by atoms with Crippen molar-refractivity contribution in [2.75, 3.05) is 20.1 Å². The van der Waals surface area contributed by atoms with Crippen LogP contribution in [0, 0.1) is 0 Å². The van der Waals surface area contributed by atoms with E-state index in [1.807, 2.05) is 91.0 Å². The second-order valence-corrected chi connectivity index (χ2v) is 8.20. The smallest absolute Gasteiger partial charge is 0.407 e. The maximum Gasteiger partial charge on any atom is 0.407 e. The molecule has 0 aliphatic carbocycles. The molecule has 1 atom stereocenters. The van der Waals surface area contributed by atoms with Crippen LogP contribution < -0.4 is 16.4 Å². The fourth-order valence-corrected chi connectivity index (χ4v) is 3.91. The van der Waals surface area contributed by atoms with E-state index >= 15 is 0 Å². The summed E-state index contributed by atoms with van der Waals surface area (Å²) in [5.41, 5.74) is 7.61. The molecule has 1 unspecified atom stereocenters. The fourth-order valence-electron chi connectivity index (χ4n) is 3.91. The van der Waals surface area contributed by atoms with Gasteiger partial charge in [0.15, 0.2) is 0 Å². The van der Waals surface area contributed by atoms with Crippen LogP contribution in [0.2, 0.25) is 0 Å². The van der Waals surface area contributed by atoms with E-state index in [0.717, 1.165) is 21.6 Å². The van der Waals surface area contributed by atoms with Gasteiger partial charge >= 0.3 is 6.09 Å². The number of hydrogen-bond donors (Lipinski definition) is 4. The molecule has 0 saturated heterocycles. The summed E-state index contributed by atoms with van der Waals surface area (Å²) in [6.07, 6.45) is -1.34. The molecular weight excluding hydrogens is 444 g/mol. The monoisotopic (exact) mass is 474 g/mol. The van der Waals surface area contributed by atoms with Crippen LogP contribution in [-0.2, 0) is 15.1 Å². The Morgan fingerprint density at radius 3 is 1.69 bits per heavy atom. The Morgan fingerprint density at radius 2 is 1.29 bits per heavy atom. The van der Waals surface area contributed by atoms with Crippen molar-refractivity contribution >= 4 is 17.9 Å². The van der Waals surface area contributed by atoms with Crippen LogP contribution in [0.5, 0.6) is 0 Å². The first kappa shape index (κ1) is 25.5. The molecule has 0 fully saturated rings. The first-order valence-electron chi connectivity index (χ1n) is 11.3. The highest BCUT2D eigenvalue weighted by Crippen LogP contribution is 2.36. The van der Waals surface area contributed by atoms with Gasteiger partial charge in [-0.2, -0.15) is 0 Å². The van der Waals surface area contributed by atoms with Gasteiger partial charge < -0.3 is 26.4 Å². The van der Waals surface area contributed by atoms with E-state index in [9.17, 15) is 14.4 Å². The fraction of sp³-hybridized carbons (Fsp3) is 0.222. The molecule has 8 nitrogen and oxygen atoms in total. The van der Waals surface area contributed by atoms with Gasteiger partial charge in [-0.3, -0.25) is 9.59 Å². The molecule has 3 aromatic carbocycles. The lowest BCUT2D eigenvalue weighted by atomic mass is 9.77. The van der Waals surface area contributed by atoms with Crippen LogP contribution in [0.4, 0.5) is 4.79 Å². The average molecular weight is 475 g/mol. The molecule has 0 aromatic heterocycles. The maximum atomic E-state index is 13.3. The zero-order valence-electron chi connectivity index (χ0n) is 19.6. The lowest BCUT2D eigenvalue weighted by Crippen LogP contribution is -2.51. The molecule has 0 radical (unpaired) electrons. The minimum atomic E-state index is -1.10. The van der Waals surface area contributed by atoms with Gasteiger partial charge in [0.25, 0.3) is 0 Å². The van der Waals surface area contributed by atoms with Crippen LogP contribution >= 0.6 is 0 Å². The second-order valence-electron chi connectivity index (χ2n) is 8.20. The van der Waals surface area contributed by atoms with Gasteiger partial charge in [-0.15, -0.1) is 0 Å². The van der Waals surface area contributed by atoms with Gasteiger partial charge in [0.2, 0.25) is 11.8 Å². The molecule has 5 N–H and O–H groups in total. The van der Waals surface area contributed by atoms with E-state index in [4.69, 9.17) is 10.8 Å². The van der Waals surface area contributed by atoms with Gasteiger partial charge in [0, 0.05) is 20.1 Å². The van der Waals surface area contributed by atoms with E-state index < -0.39 is 29.5 Å². The van der Waals surface area contributed by atoms with Crippen molar-refractivity contribution < 1.29 is 19.5 Å². The highest BCUT2D eigenvalue weighted by atomic mass is 16.4. The van der Waals surface area contributed by atoms with Gasteiger partial charge in [0.05, 0.1) is 12.5 Å². The zero-order valence-corrected chi connectivity index (χ0v) is 19.6. The van der Waals surface area contributed by atoms with E-state index in [-0.39, 0.29) is 19.5 Å². The van der Waals surface area contributed by atoms with Crippen molar-refractivity contribution in [2.45, 2.75) is 18.0 Å². The Balaban J connectivity index is 1.85. The number of carboxylic acid groups (broad SMARTS) is 1. The van der Waals surface area contributed by atoms with Gasteiger partial charge in [-0.05, 0) is 16.7 Å². The molecule has 3 amide bonds. The number of nitrogens with two attached hydrogens (primary N) is 1. The quantitative estimate of drug-likeness (QED) is 0.336. The largest absolute Gasteiger partial charge is 0.465 e. The maximum absolute atomic E-state index is 13.3. The summed E-state index contributed by atoms with van der Waals surface area (Å²) in [6.45, 7) is 0.206. The number of carbonyl (C=O) groups excluding carboxylic acids is 2. The number of nitrogens with one attached hydrogen (secondary N) is 2. The van der Waals surface area contributed by atoms with Crippen LogP contribution in [0.25, 0.3) is 0 Å². The first-order valence-corrected chi connectivity index (χ1v) is 11.3. The first-order chi connectivity index (χ1) is 16.8. The highest BCUT2D eigenvalue weighted by molar-refractivity contribution is 5.89. The molecule has 35 heavy (non-hydrogen) atoms. The molecule has 0 spiro atoms. The molecule has 3 aromatic rings. The van der Waals surface area contributed by atoms with Crippen LogP contribution in [0.3, 0.4) is 0 Å². The molecular formula is C27H30N4O4. The Labute approximate surface area is 204 Å². The molecule has 3 rings (SSSR count). The molecule has 0 bridgehead atoms. The number of likely N-dealkylation sites (N-methyl/N-ethyl adjacent to an activating group) is 1. The number of hydrogen-bond acceptors (Lipinski definition) is 4. The SMILES string of the molecule is CN(CCNC(=O)C(N)CC(=O)NC(c1ccccc1)(c1ccccc1)c1ccccc1)C(=O)O. The molecule has 182 valence electrons. The third kappa shape index (κ3) is 6.24. The highest BCUT2D eigenvalue weighted by Gasteiger charge is 2.38. The predicted octanol–water partition coefficient (Wildman–Crippen LogP) is 2.54. The third-order valence-electron chi connectivity index (χ3n) is 5.76. The Hall–Kier alpha value is -4.17. The van der Waals surface area contributed by atoms with Crippen LogP contribution in [0.1, 0.15) is 23.1 Å². The Morgan fingerprint density at radius 1 is 0.857 bits per heavy atom. The topological polar surface area (TPSA) is 125 Å². The molecule has 8 heteroatoms. The molecule has 0 aliphatic heterocycles. The van der Waals surface area contributed by atoms with Crippen molar-refractivity contribution in [3.8, 4) is 0 Å². The summed E-state index contributed by atoms with van der Waals surface area (Å²) >= 11 is 0. The van der Waals surface area contributed by atoms with E-state index in [0.29, 0.717) is 0 Å². The minimum Gasteiger partial charge on any atom is -0.465 e. The number of rotatable bonds is 10. The number of nitrogens with zero attached hydrogens (tertiary/aromatic N) is 1. The van der Waals surface area contributed by atoms with Crippen molar-refractivity contribution in [2.24, 2.45) is 5.73 Å². The van der Waals surface area contributed by atoms with E-state index in [1.165, 1.54) is 7.05 Å². The summed E-state index contributed by atoms with van der Waals surface area (Å²) in [4.78, 5) is 37.7.